The summed E-state index contributed by atoms with van der Waals surface area (Å²) in [5, 5.41) is 3.11. The van der Waals surface area contributed by atoms with Crippen LogP contribution in [0.4, 0.5) is 5.69 Å². The predicted molar refractivity (Wildman–Crippen MR) is 84.1 cm³/mol. The van der Waals surface area contributed by atoms with Crippen LogP contribution in [0.5, 0.6) is 0 Å². The second-order valence-corrected chi connectivity index (χ2v) is 6.59. The van der Waals surface area contributed by atoms with Crippen LogP contribution in [0, 0.1) is 13.8 Å². The highest BCUT2D eigenvalue weighted by Crippen LogP contribution is 2.25. The van der Waals surface area contributed by atoms with E-state index in [0.29, 0.717) is 5.22 Å². The number of halogens is 1. The fraction of sp³-hybridized carbons (Fsp3) is 0.286. The van der Waals surface area contributed by atoms with E-state index in [4.69, 9.17) is 4.42 Å². The Morgan fingerprint density at radius 2 is 2.00 bits per heavy atom. The maximum atomic E-state index is 12.1. The van der Waals surface area contributed by atoms with Gasteiger partial charge in [-0.05, 0) is 45.0 Å². The lowest BCUT2D eigenvalue weighted by atomic mass is 10.3. The number of nitrogens with zero attached hydrogens (tertiary/aromatic N) is 1. The van der Waals surface area contributed by atoms with Gasteiger partial charge in [-0.2, -0.15) is 0 Å². The first-order valence-corrected chi connectivity index (χ1v) is 7.80. The average molecular weight is 355 g/mol. The molecule has 0 fully saturated rings. The lowest BCUT2D eigenvalue weighted by Gasteiger charge is -2.10. The van der Waals surface area contributed by atoms with Crippen LogP contribution in [-0.4, -0.2) is 16.1 Å². The molecule has 1 atom stereocenters. The Bertz CT molecular complexity index is 591. The van der Waals surface area contributed by atoms with E-state index in [1.807, 2.05) is 45.0 Å². The van der Waals surface area contributed by atoms with Gasteiger partial charge in [-0.25, -0.2) is 4.98 Å². The molecule has 0 aliphatic rings. The van der Waals surface area contributed by atoms with E-state index >= 15 is 0 Å². The molecule has 1 heterocycles. The zero-order valence-electron chi connectivity index (χ0n) is 11.4. The van der Waals surface area contributed by atoms with Crippen molar-refractivity contribution in [2.24, 2.45) is 0 Å². The van der Waals surface area contributed by atoms with Crippen LogP contribution in [0.3, 0.4) is 0 Å². The van der Waals surface area contributed by atoms with Crippen LogP contribution in [0.25, 0.3) is 0 Å². The maximum absolute atomic E-state index is 12.1. The van der Waals surface area contributed by atoms with Crippen LogP contribution in [0.15, 0.2) is 38.4 Å². The van der Waals surface area contributed by atoms with Gasteiger partial charge in [-0.3, -0.25) is 4.79 Å². The number of hydrogen-bond acceptors (Lipinski definition) is 4. The van der Waals surface area contributed by atoms with Crippen molar-refractivity contribution in [2.75, 3.05) is 5.32 Å². The number of aromatic nitrogens is 1. The van der Waals surface area contributed by atoms with Crippen molar-refractivity contribution in [1.29, 1.82) is 0 Å². The SMILES string of the molecule is Cc1nc(SC(C)C(=O)Nc2ccc(Br)cc2)oc1C. The number of oxazole rings is 1. The van der Waals surface area contributed by atoms with Gasteiger partial charge in [-0.15, -0.1) is 0 Å². The fourth-order valence-corrected chi connectivity index (χ4v) is 2.57. The molecule has 0 saturated heterocycles. The summed E-state index contributed by atoms with van der Waals surface area (Å²) >= 11 is 4.67. The third-order valence-electron chi connectivity index (χ3n) is 2.77. The summed E-state index contributed by atoms with van der Waals surface area (Å²) in [5.41, 5.74) is 1.62. The monoisotopic (exact) mass is 354 g/mol. The van der Waals surface area contributed by atoms with Crippen molar-refractivity contribution in [3.63, 3.8) is 0 Å². The van der Waals surface area contributed by atoms with Gasteiger partial charge in [-0.1, -0.05) is 27.7 Å². The first-order chi connectivity index (χ1) is 9.45. The molecule has 2 aromatic rings. The molecule has 0 aliphatic carbocycles. The molecule has 0 saturated carbocycles. The Morgan fingerprint density at radius 1 is 1.35 bits per heavy atom. The summed E-state index contributed by atoms with van der Waals surface area (Å²) in [6.45, 7) is 5.57. The molecule has 106 valence electrons. The summed E-state index contributed by atoms with van der Waals surface area (Å²) in [5.74, 6) is 0.707. The molecule has 1 amide bonds. The van der Waals surface area contributed by atoms with Crippen molar-refractivity contribution in [2.45, 2.75) is 31.2 Å². The number of carbonyl (C=O) groups excluding carboxylic acids is 1. The molecule has 0 spiro atoms. The molecule has 1 aromatic carbocycles. The predicted octanol–water partition coefficient (Wildman–Crippen LogP) is 4.17. The number of rotatable bonds is 4. The molecule has 1 unspecified atom stereocenters. The molecule has 6 heteroatoms. The van der Waals surface area contributed by atoms with E-state index in [-0.39, 0.29) is 11.2 Å². The van der Waals surface area contributed by atoms with Crippen molar-refractivity contribution >= 4 is 39.3 Å². The minimum atomic E-state index is -0.281. The molecular formula is C14H15BrN2O2S. The molecule has 20 heavy (non-hydrogen) atoms. The standard InChI is InChI=1S/C14H15BrN2O2S/c1-8-9(2)19-14(16-8)20-10(3)13(18)17-12-6-4-11(15)5-7-12/h4-7,10H,1-3H3,(H,17,18). The van der Waals surface area contributed by atoms with Crippen LogP contribution in [-0.2, 0) is 4.79 Å². The van der Waals surface area contributed by atoms with Crippen molar-refractivity contribution in [3.8, 4) is 0 Å². The maximum Gasteiger partial charge on any atom is 0.256 e. The van der Waals surface area contributed by atoms with E-state index in [2.05, 4.69) is 26.2 Å². The topological polar surface area (TPSA) is 55.1 Å². The molecule has 0 bridgehead atoms. The van der Waals surface area contributed by atoms with Gasteiger partial charge in [0.25, 0.3) is 5.22 Å². The van der Waals surface area contributed by atoms with Crippen LogP contribution in [0.1, 0.15) is 18.4 Å². The van der Waals surface area contributed by atoms with Crippen LogP contribution >= 0.6 is 27.7 Å². The number of hydrogen-bond donors (Lipinski definition) is 1. The first kappa shape index (κ1) is 15.1. The summed E-state index contributed by atoms with van der Waals surface area (Å²) < 4.78 is 6.44. The summed E-state index contributed by atoms with van der Waals surface area (Å²) in [4.78, 5) is 16.3. The molecular weight excluding hydrogens is 340 g/mol. The van der Waals surface area contributed by atoms with Gasteiger partial charge in [0.1, 0.15) is 5.76 Å². The van der Waals surface area contributed by atoms with Gasteiger partial charge in [0.2, 0.25) is 5.91 Å². The van der Waals surface area contributed by atoms with Crippen LogP contribution in [0.2, 0.25) is 0 Å². The normalized spacial score (nSPS) is 12.2. The van der Waals surface area contributed by atoms with Crippen molar-refractivity contribution in [3.05, 3.63) is 40.2 Å². The minimum Gasteiger partial charge on any atom is -0.437 e. The zero-order chi connectivity index (χ0) is 14.7. The van der Waals surface area contributed by atoms with Crippen LogP contribution < -0.4 is 5.32 Å². The number of nitrogens with one attached hydrogen (secondary N) is 1. The molecule has 4 nitrogen and oxygen atoms in total. The highest BCUT2D eigenvalue weighted by molar-refractivity contribution is 9.10. The smallest absolute Gasteiger partial charge is 0.256 e. The van der Waals surface area contributed by atoms with Gasteiger partial charge in [0.05, 0.1) is 10.9 Å². The molecule has 1 aromatic heterocycles. The Hall–Kier alpha value is -1.27. The molecule has 0 aliphatic heterocycles. The Balaban J connectivity index is 1.96. The third-order valence-corrected chi connectivity index (χ3v) is 4.24. The Kier molecular flexibility index (Phi) is 4.88. The van der Waals surface area contributed by atoms with Crippen molar-refractivity contribution < 1.29 is 9.21 Å². The van der Waals surface area contributed by atoms with E-state index in [1.165, 1.54) is 11.8 Å². The highest BCUT2D eigenvalue weighted by Gasteiger charge is 2.18. The second-order valence-electron chi connectivity index (χ2n) is 4.38. The highest BCUT2D eigenvalue weighted by atomic mass is 79.9. The van der Waals surface area contributed by atoms with Gasteiger partial charge < -0.3 is 9.73 Å². The fourth-order valence-electron chi connectivity index (χ4n) is 1.48. The molecule has 0 radical (unpaired) electrons. The lowest BCUT2D eigenvalue weighted by Crippen LogP contribution is -2.22. The first-order valence-electron chi connectivity index (χ1n) is 6.13. The minimum absolute atomic E-state index is 0.0779. The van der Waals surface area contributed by atoms with Gasteiger partial charge in [0.15, 0.2) is 0 Å². The summed E-state index contributed by atoms with van der Waals surface area (Å²) in [7, 11) is 0. The number of aryl methyl sites for hydroxylation is 2. The lowest BCUT2D eigenvalue weighted by molar-refractivity contribution is -0.115. The number of benzene rings is 1. The van der Waals surface area contributed by atoms with E-state index in [9.17, 15) is 4.79 Å². The Labute approximate surface area is 130 Å². The van der Waals surface area contributed by atoms with Gasteiger partial charge >= 0.3 is 0 Å². The second kappa shape index (κ2) is 6.45. The van der Waals surface area contributed by atoms with Gasteiger partial charge in [0, 0.05) is 10.2 Å². The summed E-state index contributed by atoms with van der Waals surface area (Å²) in [6.07, 6.45) is 0. The summed E-state index contributed by atoms with van der Waals surface area (Å²) in [6, 6.07) is 7.46. The van der Waals surface area contributed by atoms with E-state index < -0.39 is 0 Å². The number of thioether (sulfide) groups is 1. The van der Waals surface area contributed by atoms with E-state index in [0.717, 1.165) is 21.6 Å². The quantitative estimate of drug-likeness (QED) is 0.837. The van der Waals surface area contributed by atoms with E-state index in [1.54, 1.807) is 0 Å². The molecule has 2 rings (SSSR count). The van der Waals surface area contributed by atoms with Crippen molar-refractivity contribution in [1.82, 2.24) is 4.98 Å². The molecule has 1 N–H and O–H groups in total. The largest absolute Gasteiger partial charge is 0.437 e. The zero-order valence-corrected chi connectivity index (χ0v) is 13.8. The average Bonchev–Trinajstić information content (AvgIpc) is 2.71. The number of amides is 1. The Morgan fingerprint density at radius 3 is 2.55 bits per heavy atom. The third kappa shape index (κ3) is 3.86. The number of anilines is 1. The number of carbonyl (C=O) groups is 1.